The lowest BCUT2D eigenvalue weighted by Crippen LogP contribution is -2.15. The van der Waals surface area contributed by atoms with Gasteiger partial charge in [0, 0.05) is 21.2 Å². The molecule has 33 heavy (non-hydrogen) atoms. The molecule has 0 bridgehead atoms. The Morgan fingerprint density at radius 2 is 1.70 bits per heavy atom. The molecule has 3 aromatic carbocycles. The number of benzene rings is 3. The summed E-state index contributed by atoms with van der Waals surface area (Å²) in [6, 6.07) is 19.4. The second-order valence-electron chi connectivity index (χ2n) is 7.48. The number of carbonyl (C=O) groups excluding carboxylic acids is 2. The van der Waals surface area contributed by atoms with Crippen molar-refractivity contribution in [2.24, 2.45) is 0 Å². The van der Waals surface area contributed by atoms with E-state index in [0.717, 1.165) is 16.8 Å². The fourth-order valence-corrected chi connectivity index (χ4v) is 3.56. The van der Waals surface area contributed by atoms with Gasteiger partial charge in [0.1, 0.15) is 0 Å². The molecule has 1 aromatic heterocycles. The zero-order chi connectivity index (χ0) is 23.5. The molecule has 1 heterocycles. The average molecular weight is 480 g/mol. The van der Waals surface area contributed by atoms with Gasteiger partial charge in [0.2, 0.25) is 0 Å². The van der Waals surface area contributed by atoms with E-state index < -0.39 is 12.6 Å². The van der Waals surface area contributed by atoms with Crippen molar-refractivity contribution in [3.8, 4) is 17.1 Å². The Labute approximate surface area is 200 Å². The van der Waals surface area contributed by atoms with E-state index in [1.54, 1.807) is 47.1 Å². The Hall–Kier alpha value is -3.48. The Bertz CT molecular complexity index is 1350. The molecular weight excluding hydrogens is 461 g/mol. The molecule has 0 amide bonds. The molecular formula is C25H19Cl2N3O3. The summed E-state index contributed by atoms with van der Waals surface area (Å²) < 4.78 is 6.80. The quantitative estimate of drug-likeness (QED) is 0.254. The predicted octanol–water partition coefficient (Wildman–Crippen LogP) is 5.90. The van der Waals surface area contributed by atoms with Crippen LogP contribution in [-0.2, 0) is 4.74 Å². The van der Waals surface area contributed by atoms with Crippen LogP contribution in [0.1, 0.15) is 32.1 Å². The molecule has 0 atom stereocenters. The number of nitrogens with zero attached hydrogens (tertiary/aromatic N) is 3. The van der Waals surface area contributed by atoms with Crippen molar-refractivity contribution in [2.45, 2.75) is 13.8 Å². The molecule has 0 aliphatic heterocycles. The third kappa shape index (κ3) is 5.13. The third-order valence-corrected chi connectivity index (χ3v) is 5.45. The minimum Gasteiger partial charge on any atom is -0.451 e. The van der Waals surface area contributed by atoms with Crippen molar-refractivity contribution >= 4 is 35.0 Å². The van der Waals surface area contributed by atoms with Gasteiger partial charge in [-0.1, -0.05) is 47.5 Å². The van der Waals surface area contributed by atoms with Crippen LogP contribution in [0.15, 0.2) is 66.7 Å². The van der Waals surface area contributed by atoms with Crippen LogP contribution < -0.4 is 0 Å². The number of hydrogen-bond donors (Lipinski definition) is 0. The molecule has 4 aromatic rings. The van der Waals surface area contributed by atoms with E-state index in [9.17, 15) is 9.59 Å². The van der Waals surface area contributed by atoms with E-state index in [-0.39, 0.29) is 11.6 Å². The summed E-state index contributed by atoms with van der Waals surface area (Å²) in [5.74, 6) is -0.884. The molecule has 4 rings (SSSR count). The first-order chi connectivity index (χ1) is 15.8. The van der Waals surface area contributed by atoms with Crippen LogP contribution in [0.3, 0.4) is 0 Å². The minimum absolute atomic E-state index is 0.158. The SMILES string of the molecule is Cc1ccc(C)c(-n2nc(C(=O)OCC(=O)c3ccc(Cl)cc3)nc2-c2cccc(Cl)c2)c1. The van der Waals surface area contributed by atoms with Gasteiger partial charge in [-0.2, -0.15) is 0 Å². The highest BCUT2D eigenvalue weighted by Crippen LogP contribution is 2.26. The van der Waals surface area contributed by atoms with E-state index in [4.69, 9.17) is 27.9 Å². The normalized spacial score (nSPS) is 10.8. The highest BCUT2D eigenvalue weighted by Gasteiger charge is 2.22. The van der Waals surface area contributed by atoms with E-state index in [2.05, 4.69) is 10.1 Å². The first kappa shape index (κ1) is 22.7. The van der Waals surface area contributed by atoms with Crippen molar-refractivity contribution in [3.63, 3.8) is 0 Å². The monoisotopic (exact) mass is 479 g/mol. The van der Waals surface area contributed by atoms with Gasteiger partial charge in [-0.3, -0.25) is 4.79 Å². The fourth-order valence-electron chi connectivity index (χ4n) is 3.24. The zero-order valence-electron chi connectivity index (χ0n) is 17.9. The minimum atomic E-state index is -0.801. The van der Waals surface area contributed by atoms with E-state index in [0.29, 0.717) is 27.0 Å². The van der Waals surface area contributed by atoms with E-state index in [1.165, 1.54) is 0 Å². The van der Waals surface area contributed by atoms with Gasteiger partial charge >= 0.3 is 5.97 Å². The molecule has 166 valence electrons. The van der Waals surface area contributed by atoms with Gasteiger partial charge in [0.15, 0.2) is 18.2 Å². The van der Waals surface area contributed by atoms with Crippen molar-refractivity contribution in [3.05, 3.63) is 99.3 Å². The summed E-state index contributed by atoms with van der Waals surface area (Å²) in [5.41, 5.74) is 3.83. The summed E-state index contributed by atoms with van der Waals surface area (Å²) in [6.45, 7) is 3.47. The van der Waals surface area contributed by atoms with Crippen LogP contribution in [0.2, 0.25) is 10.0 Å². The Morgan fingerprint density at radius 1 is 0.939 bits per heavy atom. The summed E-state index contributed by atoms with van der Waals surface area (Å²) in [7, 11) is 0. The number of carbonyl (C=O) groups is 2. The highest BCUT2D eigenvalue weighted by molar-refractivity contribution is 6.31. The number of hydrogen-bond acceptors (Lipinski definition) is 5. The number of Topliss-reactive ketones (excluding diaryl/α,β-unsaturated/α-hetero) is 1. The standard InChI is InChI=1S/C25H19Cl2N3O3/c1-15-6-7-16(2)21(12-15)30-24(18-4-3-5-20(27)13-18)28-23(29-30)25(32)33-14-22(31)17-8-10-19(26)11-9-17/h3-13H,14H2,1-2H3. The number of esters is 1. The van der Waals surface area contributed by atoms with Gasteiger partial charge in [-0.15, -0.1) is 5.10 Å². The first-order valence-corrected chi connectivity index (χ1v) is 10.8. The maximum absolute atomic E-state index is 12.7. The topological polar surface area (TPSA) is 74.1 Å². The van der Waals surface area contributed by atoms with Crippen LogP contribution in [0.5, 0.6) is 0 Å². The lowest BCUT2D eigenvalue weighted by molar-refractivity contribution is 0.0462. The molecule has 0 unspecified atom stereocenters. The molecule has 0 aliphatic carbocycles. The van der Waals surface area contributed by atoms with Gasteiger partial charge < -0.3 is 4.74 Å². The van der Waals surface area contributed by atoms with E-state index >= 15 is 0 Å². The van der Waals surface area contributed by atoms with E-state index in [1.807, 2.05) is 38.1 Å². The highest BCUT2D eigenvalue weighted by atomic mass is 35.5. The molecule has 0 saturated carbocycles. The van der Waals surface area contributed by atoms with Crippen molar-refractivity contribution < 1.29 is 14.3 Å². The van der Waals surface area contributed by atoms with Crippen molar-refractivity contribution in [2.75, 3.05) is 6.61 Å². The molecule has 0 spiro atoms. The number of rotatable bonds is 6. The number of ketones is 1. The largest absolute Gasteiger partial charge is 0.451 e. The van der Waals surface area contributed by atoms with Crippen molar-refractivity contribution in [1.29, 1.82) is 0 Å². The molecule has 0 aliphatic rings. The fraction of sp³-hybridized carbons (Fsp3) is 0.120. The summed E-state index contributed by atoms with van der Waals surface area (Å²) in [6.07, 6.45) is 0. The molecule has 0 N–H and O–H groups in total. The maximum Gasteiger partial charge on any atom is 0.378 e. The molecule has 6 nitrogen and oxygen atoms in total. The lowest BCUT2D eigenvalue weighted by Gasteiger charge is -2.10. The van der Waals surface area contributed by atoms with Crippen molar-refractivity contribution in [1.82, 2.24) is 14.8 Å². The number of ether oxygens (including phenoxy) is 1. The average Bonchev–Trinajstić information content (AvgIpc) is 3.25. The third-order valence-electron chi connectivity index (χ3n) is 4.97. The van der Waals surface area contributed by atoms with Crippen LogP contribution in [0.25, 0.3) is 17.1 Å². The Morgan fingerprint density at radius 3 is 2.42 bits per heavy atom. The first-order valence-electron chi connectivity index (χ1n) is 10.1. The summed E-state index contributed by atoms with van der Waals surface area (Å²) in [5, 5.41) is 5.45. The molecule has 0 saturated heterocycles. The second-order valence-corrected chi connectivity index (χ2v) is 8.35. The smallest absolute Gasteiger partial charge is 0.378 e. The zero-order valence-corrected chi connectivity index (χ0v) is 19.4. The van der Waals surface area contributed by atoms with Gasteiger partial charge in [-0.05, 0) is 67.4 Å². The Balaban J connectivity index is 1.66. The van der Waals surface area contributed by atoms with Gasteiger partial charge in [0.25, 0.3) is 5.82 Å². The number of aromatic nitrogens is 3. The number of halogens is 2. The predicted molar refractivity (Wildman–Crippen MR) is 127 cm³/mol. The van der Waals surface area contributed by atoms with Crippen LogP contribution in [0.4, 0.5) is 0 Å². The maximum atomic E-state index is 12.7. The second kappa shape index (κ2) is 9.57. The molecule has 8 heteroatoms. The molecule has 0 radical (unpaired) electrons. The van der Waals surface area contributed by atoms with Crippen LogP contribution in [-0.4, -0.2) is 33.1 Å². The summed E-state index contributed by atoms with van der Waals surface area (Å²) in [4.78, 5) is 29.5. The van der Waals surface area contributed by atoms with Crippen LogP contribution >= 0.6 is 23.2 Å². The van der Waals surface area contributed by atoms with Gasteiger partial charge in [-0.25, -0.2) is 14.5 Å². The summed E-state index contributed by atoms with van der Waals surface area (Å²) >= 11 is 12.0. The lowest BCUT2D eigenvalue weighted by atomic mass is 10.1. The number of aryl methyl sites for hydroxylation is 2. The molecule has 0 fully saturated rings. The Kier molecular flexibility index (Phi) is 6.58. The van der Waals surface area contributed by atoms with Gasteiger partial charge in [0.05, 0.1) is 5.69 Å². The van der Waals surface area contributed by atoms with Crippen LogP contribution in [0, 0.1) is 13.8 Å².